The molecule has 0 saturated carbocycles. The van der Waals surface area contributed by atoms with Crippen molar-refractivity contribution in [1.82, 2.24) is 14.8 Å². The van der Waals surface area contributed by atoms with E-state index in [0.29, 0.717) is 13.1 Å². The highest BCUT2D eigenvalue weighted by atomic mass is 19.4. The lowest BCUT2D eigenvalue weighted by atomic mass is 10.6. The molecule has 0 unspecified atom stereocenters. The van der Waals surface area contributed by atoms with Crippen molar-refractivity contribution < 1.29 is 13.2 Å². The number of nitrogens with zero attached hydrogens (tertiary/aromatic N) is 3. The SMILES string of the molecule is FC(F)(F)c1nc2n(n1)CCN2. The summed E-state index contributed by atoms with van der Waals surface area (Å²) in [5.74, 6) is -0.882. The molecule has 1 N–H and O–H groups in total. The molecular formula is C5H5F3N4. The van der Waals surface area contributed by atoms with Crippen molar-refractivity contribution >= 4 is 5.95 Å². The summed E-state index contributed by atoms with van der Waals surface area (Å²) in [6.45, 7) is 1.03. The Morgan fingerprint density at radius 1 is 1.42 bits per heavy atom. The zero-order valence-corrected chi connectivity index (χ0v) is 5.89. The third kappa shape index (κ3) is 1.01. The Morgan fingerprint density at radius 3 is 2.75 bits per heavy atom. The van der Waals surface area contributed by atoms with E-state index in [1.54, 1.807) is 0 Å². The van der Waals surface area contributed by atoms with E-state index < -0.39 is 12.0 Å². The molecule has 1 aliphatic rings. The molecule has 0 aromatic carbocycles. The van der Waals surface area contributed by atoms with E-state index in [-0.39, 0.29) is 5.95 Å². The topological polar surface area (TPSA) is 42.7 Å². The molecule has 0 amide bonds. The van der Waals surface area contributed by atoms with E-state index in [1.807, 2.05) is 0 Å². The predicted octanol–water partition coefficient (Wildman–Crippen LogP) is 0.722. The van der Waals surface area contributed by atoms with Crippen LogP contribution in [-0.2, 0) is 12.7 Å². The van der Waals surface area contributed by atoms with E-state index >= 15 is 0 Å². The number of aromatic nitrogens is 3. The highest BCUT2D eigenvalue weighted by Crippen LogP contribution is 2.27. The minimum Gasteiger partial charge on any atom is -0.353 e. The maximum Gasteiger partial charge on any atom is 0.453 e. The number of alkyl halides is 3. The predicted molar refractivity (Wildman–Crippen MR) is 33.5 cm³/mol. The molecule has 1 aromatic rings. The molecule has 2 rings (SSSR count). The third-order valence-corrected chi connectivity index (χ3v) is 1.53. The quantitative estimate of drug-likeness (QED) is 0.636. The Kier molecular flexibility index (Phi) is 1.30. The Labute approximate surface area is 65.4 Å². The summed E-state index contributed by atoms with van der Waals surface area (Å²) in [4.78, 5) is 3.28. The first-order valence-corrected chi connectivity index (χ1v) is 3.33. The number of fused-ring (bicyclic) bond motifs is 1. The molecule has 66 valence electrons. The van der Waals surface area contributed by atoms with Crippen LogP contribution in [0, 0.1) is 0 Å². The molecule has 7 heteroatoms. The van der Waals surface area contributed by atoms with Gasteiger partial charge < -0.3 is 5.32 Å². The number of halogens is 3. The van der Waals surface area contributed by atoms with Gasteiger partial charge in [0.05, 0.1) is 6.54 Å². The first-order valence-electron chi connectivity index (χ1n) is 3.33. The maximum atomic E-state index is 12.0. The minimum absolute atomic E-state index is 0.197. The van der Waals surface area contributed by atoms with Gasteiger partial charge >= 0.3 is 6.18 Å². The van der Waals surface area contributed by atoms with Crippen LogP contribution in [0.5, 0.6) is 0 Å². The van der Waals surface area contributed by atoms with Crippen LogP contribution >= 0.6 is 0 Å². The van der Waals surface area contributed by atoms with Crippen LogP contribution in [0.4, 0.5) is 19.1 Å². The summed E-state index contributed by atoms with van der Waals surface area (Å²) >= 11 is 0. The van der Waals surface area contributed by atoms with Gasteiger partial charge in [0.2, 0.25) is 5.95 Å². The number of hydrogen-bond acceptors (Lipinski definition) is 3. The molecule has 12 heavy (non-hydrogen) atoms. The molecule has 0 radical (unpaired) electrons. The zero-order valence-electron chi connectivity index (χ0n) is 5.89. The van der Waals surface area contributed by atoms with Crippen LogP contribution < -0.4 is 5.32 Å². The molecule has 0 saturated heterocycles. The van der Waals surface area contributed by atoms with E-state index in [0.717, 1.165) is 0 Å². The van der Waals surface area contributed by atoms with Crippen LogP contribution in [0.3, 0.4) is 0 Å². The van der Waals surface area contributed by atoms with Gasteiger partial charge in [0, 0.05) is 6.54 Å². The van der Waals surface area contributed by atoms with Crippen molar-refractivity contribution in [2.45, 2.75) is 12.7 Å². The van der Waals surface area contributed by atoms with Crippen molar-refractivity contribution in [3.05, 3.63) is 5.82 Å². The van der Waals surface area contributed by atoms with Crippen molar-refractivity contribution in [2.75, 3.05) is 11.9 Å². The smallest absolute Gasteiger partial charge is 0.353 e. The van der Waals surface area contributed by atoms with Crippen molar-refractivity contribution in [1.29, 1.82) is 0 Å². The summed E-state index contributed by atoms with van der Waals surface area (Å²) in [6, 6.07) is 0. The summed E-state index contributed by atoms with van der Waals surface area (Å²) < 4.78 is 37.1. The molecule has 0 spiro atoms. The highest BCUT2D eigenvalue weighted by Gasteiger charge is 2.37. The van der Waals surface area contributed by atoms with Gasteiger partial charge in [-0.1, -0.05) is 0 Å². The molecule has 0 aliphatic carbocycles. The van der Waals surface area contributed by atoms with Gasteiger partial charge in [0.25, 0.3) is 5.82 Å². The standard InChI is InChI=1S/C5H5F3N4/c6-5(7,8)3-10-4-9-1-2-12(4)11-3/h1-2H2,(H,9,10,11). The van der Waals surface area contributed by atoms with Gasteiger partial charge in [0.1, 0.15) is 0 Å². The lowest BCUT2D eigenvalue weighted by Gasteiger charge is -1.98. The lowest BCUT2D eigenvalue weighted by Crippen LogP contribution is -2.10. The normalized spacial score (nSPS) is 15.9. The largest absolute Gasteiger partial charge is 0.453 e. The van der Waals surface area contributed by atoms with Gasteiger partial charge in [-0.05, 0) is 0 Å². The van der Waals surface area contributed by atoms with Gasteiger partial charge in [0.15, 0.2) is 0 Å². The van der Waals surface area contributed by atoms with E-state index in [9.17, 15) is 13.2 Å². The van der Waals surface area contributed by atoms with Gasteiger partial charge in [-0.25, -0.2) is 4.68 Å². The molecule has 1 aromatic heterocycles. The second kappa shape index (κ2) is 2.11. The monoisotopic (exact) mass is 178 g/mol. The molecule has 0 atom stereocenters. The van der Waals surface area contributed by atoms with Crippen LogP contribution in [0.2, 0.25) is 0 Å². The van der Waals surface area contributed by atoms with Crippen LogP contribution in [0.1, 0.15) is 5.82 Å². The maximum absolute atomic E-state index is 12.0. The Bertz CT molecular complexity index is 281. The molecular weight excluding hydrogens is 173 g/mol. The number of hydrogen-bond donors (Lipinski definition) is 1. The van der Waals surface area contributed by atoms with E-state index in [1.165, 1.54) is 4.68 Å². The molecule has 0 bridgehead atoms. The van der Waals surface area contributed by atoms with Crippen LogP contribution in [-0.4, -0.2) is 21.3 Å². The lowest BCUT2D eigenvalue weighted by molar-refractivity contribution is -0.145. The molecule has 2 heterocycles. The summed E-state index contributed by atoms with van der Waals surface area (Å²) in [5.41, 5.74) is 0. The molecule has 0 fully saturated rings. The summed E-state index contributed by atoms with van der Waals surface area (Å²) in [6.07, 6.45) is -4.45. The number of anilines is 1. The van der Waals surface area contributed by atoms with E-state index in [2.05, 4.69) is 15.4 Å². The summed E-state index contributed by atoms with van der Waals surface area (Å²) in [5, 5.41) is 5.96. The average molecular weight is 178 g/mol. The second-order valence-electron chi connectivity index (χ2n) is 2.41. The fourth-order valence-corrected chi connectivity index (χ4v) is 1.02. The molecule has 4 nitrogen and oxygen atoms in total. The highest BCUT2D eigenvalue weighted by molar-refractivity contribution is 5.28. The van der Waals surface area contributed by atoms with Crippen molar-refractivity contribution in [2.24, 2.45) is 0 Å². The fraction of sp³-hybridized carbons (Fsp3) is 0.600. The van der Waals surface area contributed by atoms with Gasteiger partial charge in [-0.3, -0.25) is 0 Å². The third-order valence-electron chi connectivity index (χ3n) is 1.53. The average Bonchev–Trinajstić information content (AvgIpc) is 2.37. The van der Waals surface area contributed by atoms with Crippen LogP contribution in [0.25, 0.3) is 0 Å². The zero-order chi connectivity index (χ0) is 8.77. The minimum atomic E-state index is -4.45. The Hall–Kier alpha value is -1.27. The number of rotatable bonds is 0. The van der Waals surface area contributed by atoms with E-state index in [4.69, 9.17) is 0 Å². The van der Waals surface area contributed by atoms with Gasteiger partial charge in [-0.2, -0.15) is 18.2 Å². The van der Waals surface area contributed by atoms with Crippen molar-refractivity contribution in [3.63, 3.8) is 0 Å². The van der Waals surface area contributed by atoms with Crippen LogP contribution in [0.15, 0.2) is 0 Å². The first kappa shape index (κ1) is 7.38. The fourth-order valence-electron chi connectivity index (χ4n) is 1.02. The number of nitrogens with one attached hydrogen (secondary N) is 1. The summed E-state index contributed by atoms with van der Waals surface area (Å²) in [7, 11) is 0. The second-order valence-corrected chi connectivity index (χ2v) is 2.41. The molecule has 1 aliphatic heterocycles. The van der Waals surface area contributed by atoms with Gasteiger partial charge in [-0.15, -0.1) is 5.10 Å². The Morgan fingerprint density at radius 2 is 2.17 bits per heavy atom. The Balaban J connectivity index is 2.38. The first-order chi connectivity index (χ1) is 5.57. The van der Waals surface area contributed by atoms with Crippen molar-refractivity contribution in [3.8, 4) is 0 Å².